The molecule has 0 unspecified atom stereocenters. The third-order valence-corrected chi connectivity index (χ3v) is 5.04. The number of nitrogens with two attached hydrogens (primary N) is 1. The largest absolute Gasteiger partial charge is 0.474 e. The second kappa shape index (κ2) is 10.5. The molecule has 34 heavy (non-hydrogen) atoms. The van der Waals surface area contributed by atoms with Gasteiger partial charge in [-0.05, 0) is 38.8 Å². The van der Waals surface area contributed by atoms with Gasteiger partial charge in [0.1, 0.15) is 24.1 Å². The van der Waals surface area contributed by atoms with Crippen LogP contribution < -0.4 is 21.3 Å². The van der Waals surface area contributed by atoms with Gasteiger partial charge >= 0.3 is 0 Å². The first-order valence-electron chi connectivity index (χ1n) is 10.8. The first kappa shape index (κ1) is 24.9. The minimum Gasteiger partial charge on any atom is -0.474 e. The van der Waals surface area contributed by atoms with Gasteiger partial charge in [0, 0.05) is 24.9 Å². The summed E-state index contributed by atoms with van der Waals surface area (Å²) in [4.78, 5) is 38.0. The molecule has 1 fully saturated rings. The van der Waals surface area contributed by atoms with E-state index >= 15 is 0 Å². The van der Waals surface area contributed by atoms with Crippen molar-refractivity contribution < 1.29 is 24.3 Å². The number of amides is 2. The van der Waals surface area contributed by atoms with Gasteiger partial charge in [0.2, 0.25) is 11.8 Å². The Morgan fingerprint density at radius 3 is 2.76 bits per heavy atom. The van der Waals surface area contributed by atoms with E-state index in [1.54, 1.807) is 24.3 Å². The molecule has 0 radical (unpaired) electrons. The SMILES string of the molecule is CC(=O)N[C@@H]1CC[C@H](Oc2nc(-c3cccc(C#N)c3)nc(N)c2C(=O)NOCC(C)(C)O)C1. The highest BCUT2D eigenvalue weighted by Crippen LogP contribution is 2.30. The number of hydrogen-bond donors (Lipinski definition) is 4. The number of aromatic nitrogens is 2. The number of nitrogens with zero attached hydrogens (tertiary/aromatic N) is 3. The van der Waals surface area contributed by atoms with Crippen LogP contribution in [0.4, 0.5) is 5.82 Å². The van der Waals surface area contributed by atoms with Gasteiger partial charge in [0.25, 0.3) is 5.91 Å². The molecule has 1 heterocycles. The van der Waals surface area contributed by atoms with E-state index in [-0.39, 0.29) is 47.7 Å². The number of benzene rings is 1. The lowest BCUT2D eigenvalue weighted by molar-refractivity contribution is -0.119. The number of hydrogen-bond acceptors (Lipinski definition) is 9. The van der Waals surface area contributed by atoms with Crippen molar-refractivity contribution in [2.45, 2.75) is 57.8 Å². The van der Waals surface area contributed by atoms with Crippen LogP contribution in [0, 0.1) is 11.3 Å². The van der Waals surface area contributed by atoms with Crippen molar-refractivity contribution in [3.05, 3.63) is 35.4 Å². The summed E-state index contributed by atoms with van der Waals surface area (Å²) in [5.41, 5.74) is 8.05. The Morgan fingerprint density at radius 1 is 1.32 bits per heavy atom. The van der Waals surface area contributed by atoms with Gasteiger partial charge in [-0.15, -0.1) is 0 Å². The van der Waals surface area contributed by atoms with E-state index in [4.69, 9.17) is 15.3 Å². The Kier molecular flexibility index (Phi) is 7.65. The Labute approximate surface area is 197 Å². The molecular formula is C23H28N6O5. The van der Waals surface area contributed by atoms with Crippen LogP contribution in [-0.2, 0) is 9.63 Å². The minimum atomic E-state index is -1.16. The number of aliphatic hydroxyl groups is 1. The summed E-state index contributed by atoms with van der Waals surface area (Å²) in [7, 11) is 0. The third kappa shape index (κ3) is 6.63. The molecule has 0 bridgehead atoms. The molecule has 11 heteroatoms. The van der Waals surface area contributed by atoms with Crippen LogP contribution in [0.25, 0.3) is 11.4 Å². The number of nitriles is 1. The van der Waals surface area contributed by atoms with Crippen molar-refractivity contribution in [3.63, 3.8) is 0 Å². The van der Waals surface area contributed by atoms with Crippen LogP contribution in [-0.4, -0.2) is 51.2 Å². The highest BCUT2D eigenvalue weighted by atomic mass is 16.7. The molecule has 5 N–H and O–H groups in total. The molecule has 0 aliphatic heterocycles. The number of anilines is 1. The third-order valence-electron chi connectivity index (χ3n) is 5.04. The minimum absolute atomic E-state index is 0.0392. The van der Waals surface area contributed by atoms with E-state index in [2.05, 4.69) is 26.8 Å². The Morgan fingerprint density at radius 2 is 2.09 bits per heavy atom. The summed E-state index contributed by atoms with van der Waals surface area (Å²) in [6, 6.07) is 8.67. The lowest BCUT2D eigenvalue weighted by atomic mass is 10.1. The zero-order valence-electron chi connectivity index (χ0n) is 19.3. The van der Waals surface area contributed by atoms with E-state index in [1.165, 1.54) is 20.8 Å². The molecule has 180 valence electrons. The molecule has 1 aromatic heterocycles. The maximum Gasteiger partial charge on any atom is 0.284 e. The first-order valence-corrected chi connectivity index (χ1v) is 10.8. The molecule has 0 spiro atoms. The van der Waals surface area contributed by atoms with Crippen molar-refractivity contribution in [2.24, 2.45) is 0 Å². The second-order valence-corrected chi connectivity index (χ2v) is 8.79. The number of hydroxylamine groups is 1. The highest BCUT2D eigenvalue weighted by Gasteiger charge is 2.30. The molecule has 11 nitrogen and oxygen atoms in total. The Balaban J connectivity index is 1.91. The number of carbonyl (C=O) groups excluding carboxylic acids is 2. The fourth-order valence-electron chi connectivity index (χ4n) is 3.57. The smallest absolute Gasteiger partial charge is 0.284 e. The molecule has 3 rings (SSSR count). The summed E-state index contributed by atoms with van der Waals surface area (Å²) in [6.07, 6.45) is 1.59. The van der Waals surface area contributed by atoms with Gasteiger partial charge in [0.15, 0.2) is 5.82 Å². The molecule has 2 atom stereocenters. The van der Waals surface area contributed by atoms with E-state index in [1.807, 2.05) is 0 Å². The lowest BCUT2D eigenvalue weighted by Gasteiger charge is -2.19. The zero-order valence-corrected chi connectivity index (χ0v) is 19.3. The fraction of sp³-hybridized carbons (Fsp3) is 0.435. The predicted octanol–water partition coefficient (Wildman–Crippen LogP) is 1.47. The average molecular weight is 469 g/mol. The predicted molar refractivity (Wildman–Crippen MR) is 122 cm³/mol. The highest BCUT2D eigenvalue weighted by molar-refractivity contribution is 6.00. The van der Waals surface area contributed by atoms with Crippen molar-refractivity contribution in [2.75, 3.05) is 12.3 Å². The summed E-state index contributed by atoms with van der Waals surface area (Å²) in [5.74, 6) is -0.841. The van der Waals surface area contributed by atoms with Crippen LogP contribution in [0.15, 0.2) is 24.3 Å². The van der Waals surface area contributed by atoms with Crippen LogP contribution in [0.3, 0.4) is 0 Å². The van der Waals surface area contributed by atoms with Crippen molar-refractivity contribution in [1.82, 2.24) is 20.8 Å². The van der Waals surface area contributed by atoms with Crippen LogP contribution in [0.2, 0.25) is 0 Å². The summed E-state index contributed by atoms with van der Waals surface area (Å²) in [6.45, 7) is 4.36. The van der Waals surface area contributed by atoms with Gasteiger partial charge in [-0.2, -0.15) is 10.2 Å². The number of rotatable bonds is 8. The van der Waals surface area contributed by atoms with Crippen molar-refractivity contribution in [1.29, 1.82) is 5.26 Å². The Bertz CT molecular complexity index is 1110. The van der Waals surface area contributed by atoms with Gasteiger partial charge in [0.05, 0.1) is 17.2 Å². The molecule has 1 saturated carbocycles. The van der Waals surface area contributed by atoms with E-state index < -0.39 is 11.5 Å². The van der Waals surface area contributed by atoms with Crippen LogP contribution >= 0.6 is 0 Å². The second-order valence-electron chi connectivity index (χ2n) is 8.79. The van der Waals surface area contributed by atoms with Gasteiger partial charge < -0.3 is 20.9 Å². The average Bonchev–Trinajstić information content (AvgIpc) is 3.18. The number of ether oxygens (including phenoxy) is 1. The number of nitrogens with one attached hydrogen (secondary N) is 2. The summed E-state index contributed by atoms with van der Waals surface area (Å²) in [5, 5.41) is 21.9. The standard InChI is InChI=1S/C23H28N6O5/c1-13(30)26-16-7-8-17(10-16)34-22-18(21(31)29-33-12-23(2,3)32)19(25)27-20(28-22)15-6-4-5-14(9-15)11-24/h4-6,9,16-17,32H,7-8,10,12H2,1-3H3,(H,26,30)(H,29,31)(H2,25,27,28)/t16-,17+/m1/s1. The first-order chi connectivity index (χ1) is 16.1. The monoisotopic (exact) mass is 468 g/mol. The van der Waals surface area contributed by atoms with E-state index in [9.17, 15) is 20.0 Å². The van der Waals surface area contributed by atoms with Gasteiger partial charge in [-0.25, -0.2) is 10.5 Å². The number of nitrogen functional groups attached to an aromatic ring is 1. The summed E-state index contributed by atoms with van der Waals surface area (Å²) >= 11 is 0. The van der Waals surface area contributed by atoms with Crippen LogP contribution in [0.5, 0.6) is 5.88 Å². The lowest BCUT2D eigenvalue weighted by Crippen LogP contribution is -2.34. The molecule has 1 aliphatic carbocycles. The molecule has 2 aromatic rings. The van der Waals surface area contributed by atoms with E-state index in [0.717, 1.165) is 6.42 Å². The molecular weight excluding hydrogens is 440 g/mol. The van der Waals surface area contributed by atoms with Gasteiger partial charge in [-0.1, -0.05) is 12.1 Å². The number of carbonyl (C=O) groups is 2. The maximum atomic E-state index is 12.8. The van der Waals surface area contributed by atoms with Crippen molar-refractivity contribution >= 4 is 17.6 Å². The molecule has 1 aliphatic rings. The molecule has 0 saturated heterocycles. The summed E-state index contributed by atoms with van der Waals surface area (Å²) < 4.78 is 6.07. The van der Waals surface area contributed by atoms with Crippen molar-refractivity contribution in [3.8, 4) is 23.3 Å². The fourth-order valence-corrected chi connectivity index (χ4v) is 3.57. The zero-order chi connectivity index (χ0) is 24.9. The maximum absolute atomic E-state index is 12.8. The van der Waals surface area contributed by atoms with Crippen LogP contribution in [0.1, 0.15) is 56.0 Å². The quantitative estimate of drug-likeness (QED) is 0.418. The topological polar surface area (TPSA) is 172 Å². The molecule has 1 aromatic carbocycles. The van der Waals surface area contributed by atoms with Gasteiger partial charge in [-0.3, -0.25) is 14.4 Å². The molecule has 2 amide bonds. The van der Waals surface area contributed by atoms with E-state index in [0.29, 0.717) is 24.0 Å². The normalized spacial score (nSPS) is 17.6. The Hall–Kier alpha value is -3.75.